The van der Waals surface area contributed by atoms with Crippen LogP contribution in [0, 0.1) is 27.4 Å². The second-order valence-electron chi connectivity index (χ2n) is 5.81. The molecule has 1 fully saturated rings. The molecule has 1 amide bonds. The van der Waals surface area contributed by atoms with Crippen molar-refractivity contribution in [3.05, 3.63) is 33.9 Å². The molecule has 1 heterocycles. The van der Waals surface area contributed by atoms with Crippen molar-refractivity contribution >= 4 is 11.6 Å². The number of hydrogen-bond acceptors (Lipinski definition) is 5. The van der Waals surface area contributed by atoms with Gasteiger partial charge >= 0.3 is 0 Å². The van der Waals surface area contributed by atoms with Crippen molar-refractivity contribution in [1.82, 2.24) is 4.90 Å². The third kappa shape index (κ3) is 3.59. The minimum Gasteiger partial charge on any atom is -0.490 e. The first kappa shape index (κ1) is 16.7. The van der Waals surface area contributed by atoms with Crippen LogP contribution in [0.1, 0.15) is 32.3 Å². The predicted octanol–water partition coefficient (Wildman–Crippen LogP) is 2.49. The number of likely N-dealkylation sites (tertiary alicyclic amines) is 1. The summed E-state index contributed by atoms with van der Waals surface area (Å²) in [5, 5.41) is 20.1. The lowest BCUT2D eigenvalue weighted by Crippen LogP contribution is -2.41. The third-order valence-corrected chi connectivity index (χ3v) is 3.90. The van der Waals surface area contributed by atoms with E-state index in [1.54, 1.807) is 4.90 Å². The third-order valence-electron chi connectivity index (χ3n) is 3.90. The molecule has 0 N–H and O–H groups in total. The van der Waals surface area contributed by atoms with Gasteiger partial charge in [0.2, 0.25) is 5.91 Å². The molecule has 0 bridgehead atoms. The predicted molar refractivity (Wildman–Crippen MR) is 82.9 cm³/mol. The van der Waals surface area contributed by atoms with E-state index >= 15 is 0 Å². The Labute approximate surface area is 134 Å². The Morgan fingerprint density at radius 2 is 2.30 bits per heavy atom. The highest BCUT2D eigenvalue weighted by Gasteiger charge is 2.31. The fourth-order valence-electron chi connectivity index (χ4n) is 2.72. The zero-order valence-corrected chi connectivity index (χ0v) is 13.2. The molecule has 0 radical (unpaired) electrons. The van der Waals surface area contributed by atoms with Gasteiger partial charge in [0.1, 0.15) is 18.4 Å². The number of benzene rings is 1. The van der Waals surface area contributed by atoms with Crippen LogP contribution in [0.2, 0.25) is 0 Å². The number of hydrogen-bond donors (Lipinski definition) is 0. The molecule has 1 atom stereocenters. The van der Waals surface area contributed by atoms with Crippen LogP contribution >= 0.6 is 0 Å². The number of nitrogens with zero attached hydrogens (tertiary/aromatic N) is 3. The Morgan fingerprint density at radius 3 is 2.91 bits per heavy atom. The van der Waals surface area contributed by atoms with Gasteiger partial charge in [0, 0.05) is 18.5 Å². The van der Waals surface area contributed by atoms with E-state index in [1.165, 1.54) is 18.2 Å². The Morgan fingerprint density at radius 1 is 1.57 bits per heavy atom. The number of nitro benzene ring substituents is 1. The Kier molecular flexibility index (Phi) is 5.16. The minimum atomic E-state index is -0.602. The number of carbonyl (C=O) groups is 1. The molecule has 2 rings (SSSR count). The van der Waals surface area contributed by atoms with Gasteiger partial charge in [-0.15, -0.1) is 0 Å². The lowest BCUT2D eigenvalue weighted by molar-refractivity contribution is -0.385. The molecule has 7 heteroatoms. The quantitative estimate of drug-likeness (QED) is 0.614. The molecule has 7 nitrogen and oxygen atoms in total. The maximum atomic E-state index is 12.2. The van der Waals surface area contributed by atoms with E-state index < -0.39 is 4.92 Å². The van der Waals surface area contributed by atoms with Crippen LogP contribution in [-0.2, 0) is 4.79 Å². The highest BCUT2D eigenvalue weighted by Crippen LogP contribution is 2.28. The van der Waals surface area contributed by atoms with Crippen LogP contribution in [0.4, 0.5) is 5.69 Å². The van der Waals surface area contributed by atoms with Gasteiger partial charge < -0.3 is 9.64 Å². The van der Waals surface area contributed by atoms with Crippen LogP contribution in [0.15, 0.2) is 18.2 Å². The van der Waals surface area contributed by atoms with Crippen molar-refractivity contribution in [3.63, 3.8) is 0 Å². The van der Waals surface area contributed by atoms with Gasteiger partial charge in [-0.05, 0) is 18.9 Å². The van der Waals surface area contributed by atoms with E-state index in [2.05, 4.69) is 0 Å². The molecular formula is C16H19N3O4. The van der Waals surface area contributed by atoms with Gasteiger partial charge in [0.25, 0.3) is 5.69 Å². The van der Waals surface area contributed by atoms with Crippen LogP contribution in [0.5, 0.6) is 5.75 Å². The molecule has 1 saturated heterocycles. The van der Waals surface area contributed by atoms with Gasteiger partial charge in [-0.1, -0.05) is 19.9 Å². The first-order valence-electron chi connectivity index (χ1n) is 7.56. The van der Waals surface area contributed by atoms with Crippen LogP contribution in [0.3, 0.4) is 0 Å². The SMILES string of the molecule is CC(C)C(=O)N1CCC[C@@H]1COc1cccc([N+](=O)[O-])c1C#N. The fraction of sp³-hybridized carbons (Fsp3) is 0.500. The summed E-state index contributed by atoms with van der Waals surface area (Å²) in [7, 11) is 0. The van der Waals surface area contributed by atoms with E-state index in [9.17, 15) is 14.9 Å². The lowest BCUT2D eigenvalue weighted by Gasteiger charge is -2.26. The van der Waals surface area contributed by atoms with Crippen molar-refractivity contribution in [2.75, 3.05) is 13.2 Å². The highest BCUT2D eigenvalue weighted by molar-refractivity contribution is 5.78. The maximum absolute atomic E-state index is 12.2. The van der Waals surface area contributed by atoms with E-state index in [-0.39, 0.29) is 41.5 Å². The lowest BCUT2D eigenvalue weighted by atomic mass is 10.1. The summed E-state index contributed by atoms with van der Waals surface area (Å²) < 4.78 is 5.64. The molecule has 0 unspecified atom stereocenters. The van der Waals surface area contributed by atoms with Gasteiger partial charge in [-0.2, -0.15) is 5.26 Å². The van der Waals surface area contributed by atoms with E-state index in [4.69, 9.17) is 10.00 Å². The summed E-state index contributed by atoms with van der Waals surface area (Å²) in [6.45, 7) is 4.64. The van der Waals surface area contributed by atoms with E-state index in [0.29, 0.717) is 6.54 Å². The molecule has 0 saturated carbocycles. The minimum absolute atomic E-state index is 0.0595. The number of ether oxygens (including phenoxy) is 1. The van der Waals surface area contributed by atoms with Crippen molar-refractivity contribution in [3.8, 4) is 11.8 Å². The molecule has 122 valence electrons. The van der Waals surface area contributed by atoms with Gasteiger partial charge in [-0.25, -0.2) is 0 Å². The number of amides is 1. The molecule has 0 aromatic heterocycles. The van der Waals surface area contributed by atoms with Crippen molar-refractivity contribution in [1.29, 1.82) is 5.26 Å². The number of nitriles is 1. The first-order chi connectivity index (χ1) is 11.0. The van der Waals surface area contributed by atoms with E-state index in [0.717, 1.165) is 12.8 Å². The summed E-state index contributed by atoms with van der Waals surface area (Å²) in [5.74, 6) is 0.185. The Hall–Kier alpha value is -2.62. The smallest absolute Gasteiger partial charge is 0.290 e. The van der Waals surface area contributed by atoms with Gasteiger partial charge in [0.15, 0.2) is 5.56 Å². The zero-order valence-electron chi connectivity index (χ0n) is 13.2. The monoisotopic (exact) mass is 317 g/mol. The normalized spacial score (nSPS) is 17.1. The summed E-state index contributed by atoms with van der Waals surface area (Å²) in [4.78, 5) is 24.3. The van der Waals surface area contributed by atoms with Crippen LogP contribution in [0.25, 0.3) is 0 Å². The van der Waals surface area contributed by atoms with Crippen molar-refractivity contribution in [2.45, 2.75) is 32.7 Å². The fourth-order valence-corrected chi connectivity index (χ4v) is 2.72. The molecule has 23 heavy (non-hydrogen) atoms. The molecule has 0 spiro atoms. The second-order valence-corrected chi connectivity index (χ2v) is 5.81. The molecule has 1 aromatic carbocycles. The Balaban J connectivity index is 2.12. The maximum Gasteiger partial charge on any atom is 0.290 e. The van der Waals surface area contributed by atoms with Crippen LogP contribution in [-0.4, -0.2) is 34.9 Å². The molecule has 1 aromatic rings. The van der Waals surface area contributed by atoms with Gasteiger partial charge in [-0.3, -0.25) is 14.9 Å². The van der Waals surface area contributed by atoms with Crippen LogP contribution < -0.4 is 4.74 Å². The summed E-state index contributed by atoms with van der Waals surface area (Å²) >= 11 is 0. The number of carbonyl (C=O) groups excluding carboxylic acids is 1. The first-order valence-corrected chi connectivity index (χ1v) is 7.56. The average molecular weight is 317 g/mol. The molecule has 1 aliphatic rings. The molecule has 1 aliphatic heterocycles. The van der Waals surface area contributed by atoms with Gasteiger partial charge in [0.05, 0.1) is 11.0 Å². The summed E-state index contributed by atoms with van der Waals surface area (Å²) in [6, 6.07) is 6.06. The van der Waals surface area contributed by atoms with Crippen molar-refractivity contribution < 1.29 is 14.5 Å². The largest absolute Gasteiger partial charge is 0.490 e. The summed E-state index contributed by atoms with van der Waals surface area (Å²) in [6.07, 6.45) is 1.74. The van der Waals surface area contributed by atoms with Crippen molar-refractivity contribution in [2.24, 2.45) is 5.92 Å². The average Bonchev–Trinajstić information content (AvgIpc) is 2.99. The Bertz CT molecular complexity index is 651. The number of nitro groups is 1. The number of rotatable bonds is 5. The zero-order chi connectivity index (χ0) is 17.0. The molecule has 0 aliphatic carbocycles. The van der Waals surface area contributed by atoms with E-state index in [1.807, 2.05) is 19.9 Å². The highest BCUT2D eigenvalue weighted by atomic mass is 16.6. The molecular weight excluding hydrogens is 298 g/mol. The second kappa shape index (κ2) is 7.09. The summed E-state index contributed by atoms with van der Waals surface area (Å²) in [5.41, 5.74) is -0.358. The topological polar surface area (TPSA) is 96.5 Å². The standard InChI is InChI=1S/C16H19N3O4/c1-11(2)16(20)18-8-4-5-12(18)10-23-15-7-3-6-14(19(21)22)13(15)9-17/h3,6-7,11-12H,4-5,8,10H2,1-2H3/t12-/m1/s1.